The molecular formula is C11H22N2O2. The van der Waals surface area contributed by atoms with Gasteiger partial charge >= 0.3 is 0 Å². The average molecular weight is 214 g/mol. The molecule has 1 saturated heterocycles. The highest BCUT2D eigenvalue weighted by atomic mass is 16.5. The second-order valence-corrected chi connectivity index (χ2v) is 4.20. The minimum atomic E-state index is 0.229. The third-order valence-electron chi connectivity index (χ3n) is 3.21. The molecule has 1 heterocycles. The number of rotatable bonds is 5. The summed E-state index contributed by atoms with van der Waals surface area (Å²) in [5.74, 6) is 0.561. The van der Waals surface area contributed by atoms with Gasteiger partial charge in [-0.3, -0.25) is 4.79 Å². The van der Waals surface area contributed by atoms with Crippen molar-refractivity contribution < 1.29 is 9.53 Å². The highest BCUT2D eigenvalue weighted by molar-refractivity contribution is 5.76. The fraction of sp³-hybridized carbons (Fsp3) is 0.909. The number of hydrogen-bond donors (Lipinski definition) is 1. The predicted molar refractivity (Wildman–Crippen MR) is 59.4 cm³/mol. The maximum atomic E-state index is 11.8. The smallest absolute Gasteiger partial charge is 0.222 e. The minimum Gasteiger partial charge on any atom is -0.380 e. The summed E-state index contributed by atoms with van der Waals surface area (Å²) < 4.78 is 5.23. The molecule has 1 aliphatic rings. The van der Waals surface area contributed by atoms with Crippen molar-refractivity contribution >= 4 is 5.91 Å². The Morgan fingerprint density at radius 1 is 1.67 bits per heavy atom. The second-order valence-electron chi connectivity index (χ2n) is 4.20. The lowest BCUT2D eigenvalue weighted by Crippen LogP contribution is -2.32. The molecule has 0 spiro atoms. The van der Waals surface area contributed by atoms with E-state index in [4.69, 9.17) is 10.5 Å². The third kappa shape index (κ3) is 3.47. The molecule has 2 atom stereocenters. The number of likely N-dealkylation sites (tertiary alicyclic amines) is 1. The lowest BCUT2D eigenvalue weighted by atomic mass is 10.0. The molecule has 4 nitrogen and oxygen atoms in total. The molecule has 1 aliphatic heterocycles. The van der Waals surface area contributed by atoms with Crippen LogP contribution in [0.5, 0.6) is 0 Å². The molecule has 0 saturated carbocycles. The first-order valence-electron chi connectivity index (χ1n) is 5.71. The highest BCUT2D eigenvalue weighted by Gasteiger charge is 2.26. The molecule has 0 aromatic rings. The molecule has 0 aliphatic carbocycles. The molecular weight excluding hydrogens is 192 g/mol. The van der Waals surface area contributed by atoms with Gasteiger partial charge in [-0.05, 0) is 18.9 Å². The van der Waals surface area contributed by atoms with Gasteiger partial charge in [-0.25, -0.2) is 0 Å². The normalized spacial score (nSPS) is 23.1. The van der Waals surface area contributed by atoms with Crippen molar-refractivity contribution in [1.82, 2.24) is 4.90 Å². The van der Waals surface area contributed by atoms with Crippen LogP contribution in [0.15, 0.2) is 0 Å². The van der Waals surface area contributed by atoms with E-state index >= 15 is 0 Å². The Kier molecular flexibility index (Phi) is 5.05. The van der Waals surface area contributed by atoms with E-state index in [-0.39, 0.29) is 12.0 Å². The molecule has 0 radical (unpaired) electrons. The maximum absolute atomic E-state index is 11.8. The van der Waals surface area contributed by atoms with Gasteiger partial charge in [-0.2, -0.15) is 0 Å². The van der Waals surface area contributed by atoms with E-state index in [1.54, 1.807) is 7.11 Å². The molecule has 1 fully saturated rings. The fourth-order valence-electron chi connectivity index (χ4n) is 1.92. The Balaban J connectivity index is 2.34. The van der Waals surface area contributed by atoms with E-state index in [2.05, 4.69) is 6.92 Å². The molecule has 2 unspecified atom stereocenters. The molecule has 1 amide bonds. The fourth-order valence-corrected chi connectivity index (χ4v) is 1.92. The molecule has 1 rings (SSSR count). The zero-order valence-electron chi connectivity index (χ0n) is 9.74. The summed E-state index contributed by atoms with van der Waals surface area (Å²) in [7, 11) is 1.70. The van der Waals surface area contributed by atoms with Gasteiger partial charge in [0.2, 0.25) is 5.91 Å². The molecule has 88 valence electrons. The molecule has 0 bridgehead atoms. The van der Waals surface area contributed by atoms with Crippen LogP contribution in [0.3, 0.4) is 0 Å². The van der Waals surface area contributed by atoms with Gasteiger partial charge in [0.15, 0.2) is 0 Å². The quantitative estimate of drug-likeness (QED) is 0.729. The van der Waals surface area contributed by atoms with Crippen LogP contribution in [0.2, 0.25) is 0 Å². The first-order chi connectivity index (χ1) is 7.21. The zero-order chi connectivity index (χ0) is 11.3. The van der Waals surface area contributed by atoms with E-state index in [1.165, 1.54) is 0 Å². The predicted octanol–water partition coefficient (Wildman–Crippen LogP) is 0.609. The summed E-state index contributed by atoms with van der Waals surface area (Å²) in [5, 5.41) is 0. The first-order valence-corrected chi connectivity index (χ1v) is 5.71. The Morgan fingerprint density at radius 2 is 2.40 bits per heavy atom. The van der Waals surface area contributed by atoms with E-state index in [1.807, 2.05) is 4.90 Å². The summed E-state index contributed by atoms with van der Waals surface area (Å²) in [5.41, 5.74) is 5.59. The van der Waals surface area contributed by atoms with E-state index < -0.39 is 0 Å². The summed E-state index contributed by atoms with van der Waals surface area (Å²) >= 11 is 0. The van der Waals surface area contributed by atoms with Gasteiger partial charge in [0, 0.05) is 26.6 Å². The summed E-state index contributed by atoms with van der Waals surface area (Å²) in [4.78, 5) is 13.7. The van der Waals surface area contributed by atoms with E-state index in [0.29, 0.717) is 18.9 Å². The zero-order valence-corrected chi connectivity index (χ0v) is 9.74. The minimum absolute atomic E-state index is 0.229. The number of methoxy groups -OCH3 is 1. The molecule has 2 N–H and O–H groups in total. The monoisotopic (exact) mass is 214 g/mol. The molecule has 15 heavy (non-hydrogen) atoms. The number of carbonyl (C=O) groups excluding carboxylic acids is 1. The van der Waals surface area contributed by atoms with Crippen LogP contribution < -0.4 is 5.73 Å². The lowest BCUT2D eigenvalue weighted by molar-refractivity contribution is -0.131. The molecule has 0 aromatic heterocycles. The van der Waals surface area contributed by atoms with Crippen LogP contribution in [0.25, 0.3) is 0 Å². The summed E-state index contributed by atoms with van der Waals surface area (Å²) in [6.45, 7) is 4.26. The van der Waals surface area contributed by atoms with E-state index in [9.17, 15) is 4.79 Å². The van der Waals surface area contributed by atoms with Crippen molar-refractivity contribution in [2.75, 3.05) is 26.7 Å². The largest absolute Gasteiger partial charge is 0.380 e. The third-order valence-corrected chi connectivity index (χ3v) is 3.21. The van der Waals surface area contributed by atoms with Gasteiger partial charge in [0.25, 0.3) is 0 Å². The van der Waals surface area contributed by atoms with Gasteiger partial charge in [0.1, 0.15) is 0 Å². The lowest BCUT2D eigenvalue weighted by Gasteiger charge is -2.19. The van der Waals surface area contributed by atoms with Crippen LogP contribution >= 0.6 is 0 Å². The van der Waals surface area contributed by atoms with Crippen molar-refractivity contribution in [1.29, 1.82) is 0 Å². The van der Waals surface area contributed by atoms with Crippen molar-refractivity contribution in [3.8, 4) is 0 Å². The van der Waals surface area contributed by atoms with Crippen LogP contribution in [-0.2, 0) is 9.53 Å². The van der Waals surface area contributed by atoms with Gasteiger partial charge in [-0.1, -0.05) is 13.3 Å². The van der Waals surface area contributed by atoms with Crippen molar-refractivity contribution in [3.05, 3.63) is 0 Å². The number of nitrogens with zero attached hydrogens (tertiary/aromatic N) is 1. The highest BCUT2D eigenvalue weighted by Crippen LogP contribution is 2.15. The number of ether oxygens (including phenoxy) is 1. The number of nitrogens with two attached hydrogens (primary N) is 1. The Labute approximate surface area is 91.8 Å². The number of hydrogen-bond acceptors (Lipinski definition) is 3. The maximum Gasteiger partial charge on any atom is 0.222 e. The number of carbonyl (C=O) groups is 1. The van der Waals surface area contributed by atoms with Crippen molar-refractivity contribution in [3.63, 3.8) is 0 Å². The first kappa shape index (κ1) is 12.5. The van der Waals surface area contributed by atoms with Crippen LogP contribution in [-0.4, -0.2) is 43.7 Å². The SMILES string of the molecule is CCC(CN)CC(=O)N1CCC(OC)C1. The van der Waals surface area contributed by atoms with Crippen molar-refractivity contribution in [2.45, 2.75) is 32.3 Å². The summed E-state index contributed by atoms with van der Waals surface area (Å²) in [6.07, 6.45) is 2.75. The number of amides is 1. The Bertz CT molecular complexity index is 205. The standard InChI is InChI=1S/C11H22N2O2/c1-3-9(7-12)6-11(14)13-5-4-10(8-13)15-2/h9-10H,3-8,12H2,1-2H3. The van der Waals surface area contributed by atoms with Gasteiger partial charge in [-0.15, -0.1) is 0 Å². The van der Waals surface area contributed by atoms with Gasteiger partial charge < -0.3 is 15.4 Å². The van der Waals surface area contributed by atoms with Crippen LogP contribution in [0.4, 0.5) is 0 Å². The molecule has 4 heteroatoms. The Morgan fingerprint density at radius 3 is 2.87 bits per heavy atom. The van der Waals surface area contributed by atoms with Crippen molar-refractivity contribution in [2.24, 2.45) is 11.7 Å². The van der Waals surface area contributed by atoms with Gasteiger partial charge in [0.05, 0.1) is 6.10 Å². The van der Waals surface area contributed by atoms with E-state index in [0.717, 1.165) is 25.9 Å². The average Bonchev–Trinajstić information content (AvgIpc) is 2.74. The second kappa shape index (κ2) is 6.08. The summed E-state index contributed by atoms with van der Waals surface area (Å²) in [6, 6.07) is 0. The van der Waals surface area contributed by atoms with Crippen LogP contribution in [0.1, 0.15) is 26.2 Å². The Hall–Kier alpha value is -0.610. The topological polar surface area (TPSA) is 55.6 Å². The van der Waals surface area contributed by atoms with Crippen LogP contribution in [0, 0.1) is 5.92 Å². The molecule has 0 aromatic carbocycles.